The number of aryl methyl sites for hydroxylation is 2. The quantitative estimate of drug-likeness (QED) is 0.0862. The molecule has 63 heavy (non-hydrogen) atoms. The number of anilines is 3. The van der Waals surface area contributed by atoms with Crippen LogP contribution < -0.4 is 20.9 Å². The first kappa shape index (κ1) is 46.6. The molecular formula is C44H45ClF6N10O2. The molecule has 0 fully saturated rings. The zero-order chi connectivity index (χ0) is 45.3. The van der Waals surface area contributed by atoms with Crippen molar-refractivity contribution >= 4 is 29.1 Å². The van der Waals surface area contributed by atoms with Gasteiger partial charge in [-0.2, -0.15) is 26.3 Å². The number of nitrogens with two attached hydrogens (primary N) is 1. The van der Waals surface area contributed by atoms with Crippen LogP contribution in [0.2, 0.25) is 5.15 Å². The number of nitrogens with one attached hydrogen (secondary N) is 1. The standard InChI is InChI=1S/C22H22F3N5O.C13H13ClN4.C9H10F3NO/c1-14-2-7-20(26-10-14)30-9-8-18-17(11-30)21(28-13-27-18)29-19(12-31)15-3-5-16(6-4-15)22(23,24)25;1-9-2-3-12(15-6-9)18-5-4-11-10(7-18)13(14)17-8-16-11;10-9(11,12)7-3-1-6(2-4-7)8(13)5-14/h2-7,10,13,19,31H,8-9,11-12H2,1H3,(H,27,28,29);2-3,6,8H,4-5,7H2,1H3;1-4,8,14H,5,13H2/t19-;;8-/m1.1/s1. The summed E-state index contributed by atoms with van der Waals surface area (Å²) in [5.41, 5.74) is 11.1. The average molecular weight is 895 g/mol. The van der Waals surface area contributed by atoms with E-state index in [1.165, 1.54) is 36.9 Å². The highest BCUT2D eigenvalue weighted by atomic mass is 35.5. The second kappa shape index (κ2) is 20.5. The predicted octanol–water partition coefficient (Wildman–Crippen LogP) is 8.00. The zero-order valence-corrected chi connectivity index (χ0v) is 35.0. The van der Waals surface area contributed by atoms with Gasteiger partial charge in [0.15, 0.2) is 0 Å². The number of benzene rings is 2. The number of aliphatic hydroxyl groups is 2. The molecule has 0 bridgehead atoms. The van der Waals surface area contributed by atoms with Crippen LogP contribution in [0, 0.1) is 13.8 Å². The maximum Gasteiger partial charge on any atom is 0.416 e. The molecule has 6 aromatic rings. The van der Waals surface area contributed by atoms with Gasteiger partial charge in [0.05, 0.1) is 47.8 Å². The van der Waals surface area contributed by atoms with Crippen LogP contribution in [0.15, 0.2) is 97.8 Å². The highest BCUT2D eigenvalue weighted by molar-refractivity contribution is 6.30. The summed E-state index contributed by atoms with van der Waals surface area (Å²) in [5, 5.41) is 22.3. The highest BCUT2D eigenvalue weighted by Gasteiger charge is 2.31. The molecule has 0 saturated carbocycles. The van der Waals surface area contributed by atoms with Crippen molar-refractivity contribution in [3.63, 3.8) is 0 Å². The summed E-state index contributed by atoms with van der Waals surface area (Å²) < 4.78 is 74.9. The van der Waals surface area contributed by atoms with Gasteiger partial charge < -0.3 is 31.1 Å². The minimum atomic E-state index is -4.40. The van der Waals surface area contributed by atoms with Crippen molar-refractivity contribution in [1.29, 1.82) is 0 Å². The third kappa shape index (κ3) is 12.2. The van der Waals surface area contributed by atoms with Gasteiger partial charge in [-0.05, 0) is 72.5 Å². The maximum atomic E-state index is 12.8. The lowest BCUT2D eigenvalue weighted by Crippen LogP contribution is -2.33. The van der Waals surface area contributed by atoms with Crippen LogP contribution >= 0.6 is 11.6 Å². The van der Waals surface area contributed by atoms with Crippen LogP contribution in [0.25, 0.3) is 0 Å². The van der Waals surface area contributed by atoms with Gasteiger partial charge in [0, 0.05) is 62.5 Å². The summed E-state index contributed by atoms with van der Waals surface area (Å²) in [6.45, 7) is 6.38. The van der Waals surface area contributed by atoms with E-state index < -0.39 is 35.6 Å². The molecule has 0 unspecified atom stereocenters. The van der Waals surface area contributed by atoms with Crippen molar-refractivity contribution in [2.45, 2.75) is 64.2 Å². The Bertz CT molecular complexity index is 2410. The van der Waals surface area contributed by atoms with E-state index in [9.17, 15) is 31.4 Å². The number of fused-ring (bicyclic) bond motifs is 2. The molecule has 0 radical (unpaired) electrons. The van der Waals surface area contributed by atoms with Crippen LogP contribution in [0.3, 0.4) is 0 Å². The van der Waals surface area contributed by atoms with Gasteiger partial charge in [-0.25, -0.2) is 29.9 Å². The molecule has 5 N–H and O–H groups in total. The lowest BCUT2D eigenvalue weighted by atomic mass is 10.0. The van der Waals surface area contributed by atoms with Crippen molar-refractivity contribution in [2.24, 2.45) is 5.73 Å². The fourth-order valence-corrected chi connectivity index (χ4v) is 7.00. The molecular weight excluding hydrogens is 850 g/mol. The van der Waals surface area contributed by atoms with E-state index in [0.29, 0.717) is 35.1 Å². The monoisotopic (exact) mass is 894 g/mol. The Labute approximate surface area is 364 Å². The lowest BCUT2D eigenvalue weighted by Gasteiger charge is -2.31. The largest absolute Gasteiger partial charge is 0.416 e. The number of hydrogen-bond acceptors (Lipinski definition) is 12. The van der Waals surface area contributed by atoms with Gasteiger partial charge >= 0.3 is 12.4 Å². The molecule has 2 aromatic carbocycles. The molecule has 12 nitrogen and oxygen atoms in total. The molecule has 2 aliphatic heterocycles. The number of aromatic nitrogens is 6. The first-order valence-electron chi connectivity index (χ1n) is 19.8. The number of halogens is 7. The smallest absolute Gasteiger partial charge is 0.394 e. The lowest BCUT2D eigenvalue weighted by molar-refractivity contribution is -0.138. The number of rotatable bonds is 8. The summed E-state index contributed by atoms with van der Waals surface area (Å²) in [4.78, 5) is 30.3. The van der Waals surface area contributed by atoms with Crippen molar-refractivity contribution in [3.8, 4) is 0 Å². The number of hydrogen-bond donors (Lipinski definition) is 4. The van der Waals surface area contributed by atoms with E-state index in [4.69, 9.17) is 22.4 Å². The van der Waals surface area contributed by atoms with Crippen LogP contribution in [0.1, 0.15) is 68.0 Å². The van der Waals surface area contributed by atoms with E-state index in [1.807, 2.05) is 44.4 Å². The SMILES string of the molecule is Cc1ccc(N2CCc3ncnc(Cl)c3C2)nc1.Cc1ccc(N2CCc3ncnc(N[C@H](CO)c4ccc(C(F)(F)F)cc4)c3C2)nc1.N[C@H](CO)c1ccc(C(F)(F)F)cc1. The molecule has 332 valence electrons. The van der Waals surface area contributed by atoms with Crippen LogP contribution in [0.4, 0.5) is 43.8 Å². The first-order chi connectivity index (χ1) is 30.0. The van der Waals surface area contributed by atoms with Gasteiger partial charge in [-0.15, -0.1) is 0 Å². The van der Waals surface area contributed by atoms with E-state index in [-0.39, 0.29) is 13.2 Å². The Morgan fingerprint density at radius 1 is 0.635 bits per heavy atom. The first-order valence-corrected chi connectivity index (χ1v) is 20.2. The van der Waals surface area contributed by atoms with Crippen LogP contribution in [-0.2, 0) is 38.3 Å². The number of alkyl halides is 6. The van der Waals surface area contributed by atoms with Crippen molar-refractivity contribution in [1.82, 2.24) is 29.9 Å². The average Bonchev–Trinajstić information content (AvgIpc) is 3.28. The molecule has 6 heterocycles. The van der Waals surface area contributed by atoms with Gasteiger partial charge in [-0.3, -0.25) is 0 Å². The molecule has 0 aliphatic carbocycles. The molecule has 2 aliphatic rings. The predicted molar refractivity (Wildman–Crippen MR) is 227 cm³/mol. The van der Waals surface area contributed by atoms with Crippen molar-refractivity contribution < 1.29 is 36.6 Å². The Balaban J connectivity index is 0.000000174. The molecule has 0 saturated heterocycles. The Morgan fingerprint density at radius 2 is 1.11 bits per heavy atom. The highest BCUT2D eigenvalue weighted by Crippen LogP contribution is 2.33. The number of nitrogens with zero attached hydrogens (tertiary/aromatic N) is 8. The summed E-state index contributed by atoms with van der Waals surface area (Å²) >= 11 is 6.12. The van der Waals surface area contributed by atoms with E-state index >= 15 is 0 Å². The summed E-state index contributed by atoms with van der Waals surface area (Å²) in [5.74, 6) is 2.39. The van der Waals surface area contributed by atoms with Gasteiger partial charge in [0.2, 0.25) is 0 Å². The van der Waals surface area contributed by atoms with Gasteiger partial charge in [-0.1, -0.05) is 48.0 Å². The summed E-state index contributed by atoms with van der Waals surface area (Å²) in [6, 6.07) is 16.1. The fourth-order valence-electron chi connectivity index (χ4n) is 6.79. The van der Waals surface area contributed by atoms with Gasteiger partial charge in [0.1, 0.15) is 35.3 Å². The van der Waals surface area contributed by atoms with Gasteiger partial charge in [0.25, 0.3) is 0 Å². The Hall–Kier alpha value is -5.95. The molecule has 0 amide bonds. The Kier molecular flexibility index (Phi) is 15.1. The molecule has 2 atom stereocenters. The Morgan fingerprint density at radius 3 is 1.57 bits per heavy atom. The second-order valence-corrected chi connectivity index (χ2v) is 15.2. The minimum absolute atomic E-state index is 0.286. The van der Waals surface area contributed by atoms with E-state index in [2.05, 4.69) is 51.1 Å². The molecule has 8 rings (SSSR count). The molecule has 4 aromatic heterocycles. The number of aliphatic hydroxyl groups excluding tert-OH is 2. The summed E-state index contributed by atoms with van der Waals surface area (Å²) in [6.07, 6.45) is -0.448. The molecule has 0 spiro atoms. The summed E-state index contributed by atoms with van der Waals surface area (Å²) in [7, 11) is 0. The van der Waals surface area contributed by atoms with Crippen LogP contribution in [-0.4, -0.2) is 66.4 Å². The third-order valence-corrected chi connectivity index (χ3v) is 10.7. The zero-order valence-electron chi connectivity index (χ0n) is 34.2. The number of pyridine rings is 2. The van der Waals surface area contributed by atoms with Crippen molar-refractivity contribution in [2.75, 3.05) is 41.4 Å². The minimum Gasteiger partial charge on any atom is -0.394 e. The fraction of sp³-hybridized carbons (Fsp3) is 0.318. The normalized spacial score (nSPS) is 14.5. The molecule has 19 heteroatoms. The third-order valence-electron chi connectivity index (χ3n) is 10.4. The van der Waals surface area contributed by atoms with E-state index in [0.717, 1.165) is 95.6 Å². The maximum absolute atomic E-state index is 12.8. The van der Waals surface area contributed by atoms with Crippen molar-refractivity contribution in [3.05, 3.63) is 159 Å². The second-order valence-electron chi connectivity index (χ2n) is 14.9. The van der Waals surface area contributed by atoms with Crippen LogP contribution in [0.5, 0.6) is 0 Å². The van der Waals surface area contributed by atoms with E-state index in [1.54, 1.807) is 0 Å². The topological polar surface area (TPSA) is 162 Å².